The number of halogens is 2. The number of ether oxygens (including phenoxy) is 1. The quantitative estimate of drug-likeness (QED) is 0.314. The maximum Gasteiger partial charge on any atom is 0.414 e. The largest absolute Gasteiger partial charge is 0.480 e. The second kappa shape index (κ2) is 13.4. The number of hydrogen-bond acceptors (Lipinski definition) is 9. The molecule has 0 saturated carbocycles. The van der Waals surface area contributed by atoms with Crippen LogP contribution in [0.1, 0.15) is 19.4 Å². The van der Waals surface area contributed by atoms with Crippen molar-refractivity contribution >= 4 is 39.5 Å². The van der Waals surface area contributed by atoms with Crippen molar-refractivity contribution in [1.82, 2.24) is 14.9 Å². The number of aromatic nitrogens is 2. The van der Waals surface area contributed by atoms with Crippen LogP contribution >= 0.6 is 0 Å². The fourth-order valence-electron chi connectivity index (χ4n) is 3.80. The monoisotopic (exact) mass is 606 g/mol. The van der Waals surface area contributed by atoms with Gasteiger partial charge in [-0.3, -0.25) is 4.31 Å². The highest BCUT2D eigenvalue weighted by atomic mass is 32.2. The van der Waals surface area contributed by atoms with Crippen LogP contribution in [0.15, 0.2) is 53.6 Å². The molecule has 1 unspecified atom stereocenters. The van der Waals surface area contributed by atoms with Crippen molar-refractivity contribution in [3.8, 4) is 5.75 Å². The van der Waals surface area contributed by atoms with Gasteiger partial charge in [-0.2, -0.15) is 4.98 Å². The third kappa shape index (κ3) is 7.40. The SMILES string of the molecule is CCN(CC)c1ncc(N(C)S(=O)(=O)c2cc(F)ccc2F)c(NC(Cc2ccc(OC(=O)N(C)C)cc2)C(=O)O)n1. The Balaban J connectivity index is 2.00. The van der Waals surface area contributed by atoms with Crippen molar-refractivity contribution in [3.63, 3.8) is 0 Å². The van der Waals surface area contributed by atoms with Crippen LogP contribution in [-0.4, -0.2) is 80.7 Å². The number of nitrogens with zero attached hydrogens (tertiary/aromatic N) is 5. The van der Waals surface area contributed by atoms with Gasteiger partial charge in [-0.05, 0) is 49.7 Å². The number of aliphatic carboxylic acids is 1. The minimum absolute atomic E-state index is 0.0731. The number of carboxylic acids is 1. The molecule has 0 aliphatic heterocycles. The second-order valence-electron chi connectivity index (χ2n) is 9.27. The number of sulfonamides is 1. The number of rotatable bonds is 12. The van der Waals surface area contributed by atoms with E-state index in [1.807, 2.05) is 13.8 Å². The molecule has 0 spiro atoms. The van der Waals surface area contributed by atoms with Gasteiger partial charge in [-0.1, -0.05) is 12.1 Å². The summed E-state index contributed by atoms with van der Waals surface area (Å²) in [6, 6.07) is 6.93. The molecular formula is C27H32F2N6O6S. The molecule has 1 heterocycles. The Bertz CT molecular complexity index is 1530. The van der Waals surface area contributed by atoms with Crippen molar-refractivity contribution in [1.29, 1.82) is 0 Å². The Morgan fingerprint density at radius 1 is 1.05 bits per heavy atom. The van der Waals surface area contributed by atoms with E-state index in [1.54, 1.807) is 17.0 Å². The van der Waals surface area contributed by atoms with Gasteiger partial charge in [0.2, 0.25) is 5.95 Å². The van der Waals surface area contributed by atoms with E-state index in [0.717, 1.165) is 13.1 Å². The van der Waals surface area contributed by atoms with Crippen LogP contribution in [0.25, 0.3) is 0 Å². The lowest BCUT2D eigenvalue weighted by Crippen LogP contribution is -2.35. The molecule has 1 aromatic heterocycles. The molecule has 3 aromatic rings. The van der Waals surface area contributed by atoms with E-state index in [9.17, 15) is 31.9 Å². The van der Waals surface area contributed by atoms with E-state index in [0.29, 0.717) is 35.1 Å². The maximum atomic E-state index is 14.5. The van der Waals surface area contributed by atoms with Gasteiger partial charge in [0.15, 0.2) is 5.82 Å². The first-order valence-corrected chi connectivity index (χ1v) is 14.3. The third-order valence-electron chi connectivity index (χ3n) is 6.22. The molecule has 0 fully saturated rings. The summed E-state index contributed by atoms with van der Waals surface area (Å²) in [5.74, 6) is -3.09. The number of carbonyl (C=O) groups is 2. The van der Waals surface area contributed by atoms with Crippen molar-refractivity contribution < 1.29 is 36.6 Å². The number of amides is 1. The lowest BCUT2D eigenvalue weighted by molar-refractivity contribution is -0.137. The minimum atomic E-state index is -4.66. The Morgan fingerprint density at radius 2 is 1.69 bits per heavy atom. The molecule has 0 bridgehead atoms. The number of benzene rings is 2. The first-order chi connectivity index (χ1) is 19.8. The molecule has 3 rings (SSSR count). The second-order valence-corrected chi connectivity index (χ2v) is 11.2. The highest BCUT2D eigenvalue weighted by Gasteiger charge is 2.30. The van der Waals surface area contributed by atoms with Crippen LogP contribution in [0.4, 0.5) is 31.0 Å². The molecular weight excluding hydrogens is 574 g/mol. The lowest BCUT2D eigenvalue weighted by atomic mass is 10.1. The molecule has 12 nitrogen and oxygen atoms in total. The molecule has 1 atom stereocenters. The third-order valence-corrected chi connectivity index (χ3v) is 8.00. The first kappa shape index (κ1) is 32.0. The van der Waals surface area contributed by atoms with Crippen molar-refractivity contribution in [2.45, 2.75) is 31.2 Å². The van der Waals surface area contributed by atoms with Crippen LogP contribution in [0.2, 0.25) is 0 Å². The summed E-state index contributed by atoms with van der Waals surface area (Å²) >= 11 is 0. The van der Waals surface area contributed by atoms with Gasteiger partial charge in [0.25, 0.3) is 10.0 Å². The molecule has 0 aliphatic rings. The number of carbonyl (C=O) groups excluding carboxylic acids is 1. The summed E-state index contributed by atoms with van der Waals surface area (Å²) in [4.78, 5) is 34.8. The number of hydrogen-bond donors (Lipinski definition) is 2. The zero-order valence-electron chi connectivity index (χ0n) is 23.7. The summed E-state index contributed by atoms with van der Waals surface area (Å²) in [6.07, 6.45) is 0.520. The molecule has 0 aliphatic carbocycles. The average Bonchev–Trinajstić information content (AvgIpc) is 2.95. The molecule has 0 saturated heterocycles. The van der Waals surface area contributed by atoms with Gasteiger partial charge in [0.1, 0.15) is 34.0 Å². The van der Waals surface area contributed by atoms with Gasteiger partial charge in [-0.25, -0.2) is 31.8 Å². The smallest absolute Gasteiger partial charge is 0.414 e. The number of nitrogens with one attached hydrogen (secondary N) is 1. The fourth-order valence-corrected chi connectivity index (χ4v) is 5.06. The van der Waals surface area contributed by atoms with E-state index in [2.05, 4.69) is 15.3 Å². The van der Waals surface area contributed by atoms with Gasteiger partial charge in [-0.15, -0.1) is 0 Å². The normalized spacial score (nSPS) is 11.9. The van der Waals surface area contributed by atoms with E-state index in [4.69, 9.17) is 4.74 Å². The topological polar surface area (TPSA) is 145 Å². The van der Waals surface area contributed by atoms with Gasteiger partial charge in [0, 0.05) is 40.7 Å². The predicted octanol–water partition coefficient (Wildman–Crippen LogP) is 3.59. The minimum Gasteiger partial charge on any atom is -0.480 e. The summed E-state index contributed by atoms with van der Waals surface area (Å²) in [5, 5.41) is 12.8. The van der Waals surface area contributed by atoms with Crippen LogP contribution < -0.4 is 19.3 Å². The Kier molecular flexibility index (Phi) is 10.2. The average molecular weight is 607 g/mol. The van der Waals surface area contributed by atoms with Crippen molar-refractivity contribution in [2.75, 3.05) is 48.8 Å². The van der Waals surface area contributed by atoms with E-state index in [1.165, 1.54) is 37.3 Å². The van der Waals surface area contributed by atoms with Crippen LogP contribution in [0.5, 0.6) is 5.75 Å². The van der Waals surface area contributed by atoms with E-state index >= 15 is 0 Å². The Morgan fingerprint density at radius 3 is 2.26 bits per heavy atom. The van der Waals surface area contributed by atoms with Crippen molar-refractivity contribution in [3.05, 3.63) is 65.9 Å². The zero-order valence-corrected chi connectivity index (χ0v) is 24.5. The molecule has 2 aromatic carbocycles. The predicted molar refractivity (Wildman–Crippen MR) is 152 cm³/mol. The lowest BCUT2D eigenvalue weighted by Gasteiger charge is -2.26. The molecule has 15 heteroatoms. The summed E-state index contributed by atoms with van der Waals surface area (Å²) in [5.41, 5.74) is 0.369. The first-order valence-electron chi connectivity index (χ1n) is 12.8. The summed E-state index contributed by atoms with van der Waals surface area (Å²) in [6.45, 7) is 4.73. The fraction of sp³-hybridized carbons (Fsp3) is 0.333. The van der Waals surface area contributed by atoms with Crippen LogP contribution in [0.3, 0.4) is 0 Å². The van der Waals surface area contributed by atoms with Gasteiger partial charge >= 0.3 is 12.1 Å². The maximum absolute atomic E-state index is 14.5. The van der Waals surface area contributed by atoms with Crippen LogP contribution in [-0.2, 0) is 21.2 Å². The summed E-state index contributed by atoms with van der Waals surface area (Å²) < 4.78 is 60.8. The summed E-state index contributed by atoms with van der Waals surface area (Å²) in [7, 11) is -0.490. The molecule has 0 radical (unpaired) electrons. The Hall–Kier alpha value is -4.53. The van der Waals surface area contributed by atoms with Crippen molar-refractivity contribution in [2.24, 2.45) is 0 Å². The highest BCUT2D eigenvalue weighted by molar-refractivity contribution is 7.92. The standard InChI is InChI=1S/C27H32F2N6O6S/c1-6-35(7-2)26-30-16-22(34(5)42(39,40)23-15-18(28)10-13-20(23)29)24(32-26)31-21(25(36)37)14-17-8-11-19(12-9-17)41-27(38)33(3)4/h8-13,15-16,21H,6-7,14H2,1-5H3,(H,36,37)(H,30,31,32). The Labute approximate surface area is 242 Å². The van der Waals surface area contributed by atoms with E-state index in [-0.39, 0.29) is 29.6 Å². The molecule has 226 valence electrons. The molecule has 2 N–H and O–H groups in total. The highest BCUT2D eigenvalue weighted by Crippen LogP contribution is 2.31. The molecule has 42 heavy (non-hydrogen) atoms. The number of anilines is 3. The number of carboxylic acid groups (broad SMARTS) is 1. The van der Waals surface area contributed by atoms with E-state index < -0.39 is 44.7 Å². The zero-order chi connectivity index (χ0) is 31.2. The van der Waals surface area contributed by atoms with Gasteiger partial charge < -0.3 is 25.0 Å². The van der Waals surface area contributed by atoms with Gasteiger partial charge in [0.05, 0.1) is 6.20 Å². The van der Waals surface area contributed by atoms with Crippen LogP contribution in [0, 0.1) is 11.6 Å². The molecule has 1 amide bonds.